The summed E-state index contributed by atoms with van der Waals surface area (Å²) in [6, 6.07) is 62.7. The second-order valence-electron chi connectivity index (χ2n) is 11.7. The summed E-state index contributed by atoms with van der Waals surface area (Å²) in [5, 5.41) is 7.06. The molecule has 2 nitrogen and oxygen atoms in total. The number of fused-ring (bicyclic) bond motifs is 6. The summed E-state index contributed by atoms with van der Waals surface area (Å²) < 4.78 is 6.41. The molecule has 0 bridgehead atoms. The van der Waals surface area contributed by atoms with Gasteiger partial charge in [0.1, 0.15) is 11.2 Å². The third kappa shape index (κ3) is 4.35. The average Bonchev–Trinajstić information content (AvgIpc) is 3.50. The van der Waals surface area contributed by atoms with E-state index in [0.29, 0.717) is 0 Å². The number of nitrogens with zero attached hydrogens (tertiary/aromatic N) is 1. The molecule has 216 valence electrons. The van der Waals surface area contributed by atoms with Crippen LogP contribution < -0.4 is 4.90 Å². The van der Waals surface area contributed by atoms with Gasteiger partial charge in [-0.2, -0.15) is 0 Å². The zero-order valence-electron chi connectivity index (χ0n) is 25.1. The Morgan fingerprint density at radius 1 is 0.348 bits per heavy atom. The number of benzene rings is 8. The molecule has 9 aromatic rings. The lowest BCUT2D eigenvalue weighted by molar-refractivity contribution is 0.669. The molecule has 0 saturated carbocycles. The molecular formula is C44H29NO. The van der Waals surface area contributed by atoms with Crippen LogP contribution in [-0.4, -0.2) is 0 Å². The third-order valence-electron chi connectivity index (χ3n) is 9.04. The van der Waals surface area contributed by atoms with Crippen molar-refractivity contribution < 1.29 is 4.42 Å². The first kappa shape index (κ1) is 26.3. The molecule has 0 radical (unpaired) electrons. The Kier molecular flexibility index (Phi) is 6.17. The maximum absolute atomic E-state index is 6.41. The molecular weight excluding hydrogens is 558 g/mol. The molecule has 8 aromatic carbocycles. The number of furan rings is 1. The number of anilines is 3. The van der Waals surface area contributed by atoms with E-state index in [0.717, 1.165) is 44.4 Å². The van der Waals surface area contributed by atoms with Crippen molar-refractivity contribution in [1.82, 2.24) is 0 Å². The predicted octanol–water partition coefficient (Wildman–Crippen LogP) is 12.7. The summed E-state index contributed by atoms with van der Waals surface area (Å²) in [4.78, 5) is 2.37. The summed E-state index contributed by atoms with van der Waals surface area (Å²) in [6.45, 7) is 0. The van der Waals surface area contributed by atoms with E-state index in [2.05, 4.69) is 169 Å². The van der Waals surface area contributed by atoms with Crippen LogP contribution in [0.5, 0.6) is 0 Å². The SMILES string of the molecule is c1ccc(-c2ccccc2-c2ccc(N(c3ccccc3)c3cc4ccccc4c4cc5c(cc34)oc3ccccc35)cc2)cc1. The second kappa shape index (κ2) is 10.8. The van der Waals surface area contributed by atoms with Gasteiger partial charge in [-0.15, -0.1) is 0 Å². The highest BCUT2D eigenvalue weighted by Crippen LogP contribution is 2.45. The fraction of sp³-hybridized carbons (Fsp3) is 0. The van der Waals surface area contributed by atoms with Gasteiger partial charge in [0.2, 0.25) is 0 Å². The van der Waals surface area contributed by atoms with Gasteiger partial charge in [-0.1, -0.05) is 127 Å². The summed E-state index contributed by atoms with van der Waals surface area (Å²) in [5.74, 6) is 0. The molecule has 0 aliphatic rings. The topological polar surface area (TPSA) is 16.4 Å². The van der Waals surface area contributed by atoms with Crippen LogP contribution in [0.2, 0.25) is 0 Å². The van der Waals surface area contributed by atoms with Crippen molar-refractivity contribution in [3.63, 3.8) is 0 Å². The van der Waals surface area contributed by atoms with Gasteiger partial charge in [0.15, 0.2) is 0 Å². The molecule has 0 spiro atoms. The molecule has 0 saturated heterocycles. The van der Waals surface area contributed by atoms with Crippen molar-refractivity contribution in [2.24, 2.45) is 0 Å². The number of para-hydroxylation sites is 2. The highest BCUT2D eigenvalue weighted by molar-refractivity contribution is 6.20. The molecule has 0 aliphatic heterocycles. The van der Waals surface area contributed by atoms with Crippen LogP contribution in [0.15, 0.2) is 180 Å². The largest absolute Gasteiger partial charge is 0.456 e. The van der Waals surface area contributed by atoms with Crippen LogP contribution in [0.1, 0.15) is 0 Å². The van der Waals surface area contributed by atoms with E-state index in [4.69, 9.17) is 4.42 Å². The van der Waals surface area contributed by atoms with Crippen molar-refractivity contribution in [3.8, 4) is 22.3 Å². The fourth-order valence-electron chi connectivity index (χ4n) is 6.88. The third-order valence-corrected chi connectivity index (χ3v) is 9.04. The Morgan fingerprint density at radius 3 is 1.70 bits per heavy atom. The van der Waals surface area contributed by atoms with E-state index in [1.165, 1.54) is 38.4 Å². The van der Waals surface area contributed by atoms with Gasteiger partial charge >= 0.3 is 0 Å². The Balaban J connectivity index is 1.27. The fourth-order valence-corrected chi connectivity index (χ4v) is 6.88. The minimum atomic E-state index is 0.895. The zero-order chi connectivity index (χ0) is 30.5. The first-order chi connectivity index (χ1) is 22.8. The first-order valence-corrected chi connectivity index (χ1v) is 15.7. The molecule has 0 N–H and O–H groups in total. The minimum absolute atomic E-state index is 0.895. The summed E-state index contributed by atoms with van der Waals surface area (Å²) >= 11 is 0. The van der Waals surface area contributed by atoms with Gasteiger partial charge in [-0.3, -0.25) is 0 Å². The van der Waals surface area contributed by atoms with Crippen LogP contribution in [0.25, 0.3) is 65.7 Å². The molecule has 9 rings (SSSR count). The van der Waals surface area contributed by atoms with Gasteiger partial charge in [-0.25, -0.2) is 0 Å². The Labute approximate surface area is 267 Å². The van der Waals surface area contributed by atoms with Crippen molar-refractivity contribution in [1.29, 1.82) is 0 Å². The van der Waals surface area contributed by atoms with E-state index in [-0.39, 0.29) is 0 Å². The Bertz CT molecular complexity index is 2510. The van der Waals surface area contributed by atoms with Crippen molar-refractivity contribution in [2.75, 3.05) is 4.90 Å². The predicted molar refractivity (Wildman–Crippen MR) is 194 cm³/mol. The van der Waals surface area contributed by atoms with Crippen LogP contribution in [0.3, 0.4) is 0 Å². The maximum atomic E-state index is 6.41. The molecule has 1 heterocycles. The summed E-state index contributed by atoms with van der Waals surface area (Å²) in [7, 11) is 0. The van der Waals surface area contributed by atoms with E-state index in [9.17, 15) is 0 Å². The van der Waals surface area contributed by atoms with E-state index in [1.54, 1.807) is 0 Å². The zero-order valence-corrected chi connectivity index (χ0v) is 25.1. The molecule has 46 heavy (non-hydrogen) atoms. The number of hydrogen-bond acceptors (Lipinski definition) is 2. The molecule has 0 amide bonds. The standard InChI is InChI=1S/C44H29NO/c1-3-13-30(14-4-1)35-18-9-10-19-36(35)31-23-25-34(26-24-31)45(33-16-5-2-6-17-33)42-27-32-15-7-8-20-37(32)39-28-41-38-21-11-12-22-43(38)46-44(41)29-40(39)42/h1-29H. The molecule has 2 heteroatoms. The summed E-state index contributed by atoms with van der Waals surface area (Å²) in [5.41, 5.74) is 9.95. The van der Waals surface area contributed by atoms with E-state index >= 15 is 0 Å². The minimum Gasteiger partial charge on any atom is -0.456 e. The molecule has 0 unspecified atom stereocenters. The monoisotopic (exact) mass is 587 g/mol. The van der Waals surface area contributed by atoms with Gasteiger partial charge in [0.05, 0.1) is 5.69 Å². The smallest absolute Gasteiger partial charge is 0.136 e. The Hall–Kier alpha value is -6.12. The highest BCUT2D eigenvalue weighted by Gasteiger charge is 2.19. The van der Waals surface area contributed by atoms with Crippen LogP contribution in [0.4, 0.5) is 17.1 Å². The molecule has 0 aliphatic carbocycles. The van der Waals surface area contributed by atoms with Gasteiger partial charge in [0, 0.05) is 27.5 Å². The quantitative estimate of drug-likeness (QED) is 0.186. The molecule has 1 aromatic heterocycles. The van der Waals surface area contributed by atoms with E-state index in [1.807, 2.05) is 12.1 Å². The lowest BCUT2D eigenvalue weighted by Gasteiger charge is -2.28. The normalized spacial score (nSPS) is 11.5. The van der Waals surface area contributed by atoms with E-state index < -0.39 is 0 Å². The van der Waals surface area contributed by atoms with Crippen molar-refractivity contribution >= 4 is 60.5 Å². The highest BCUT2D eigenvalue weighted by atomic mass is 16.3. The maximum Gasteiger partial charge on any atom is 0.136 e. The molecule has 0 fully saturated rings. The Morgan fingerprint density at radius 2 is 0.935 bits per heavy atom. The lowest BCUT2D eigenvalue weighted by Crippen LogP contribution is -2.10. The average molecular weight is 588 g/mol. The van der Waals surface area contributed by atoms with Crippen LogP contribution in [-0.2, 0) is 0 Å². The van der Waals surface area contributed by atoms with Crippen molar-refractivity contribution in [2.45, 2.75) is 0 Å². The molecule has 0 atom stereocenters. The van der Waals surface area contributed by atoms with Crippen molar-refractivity contribution in [3.05, 3.63) is 176 Å². The van der Waals surface area contributed by atoms with Gasteiger partial charge < -0.3 is 9.32 Å². The summed E-state index contributed by atoms with van der Waals surface area (Å²) in [6.07, 6.45) is 0. The van der Waals surface area contributed by atoms with Gasteiger partial charge in [-0.05, 0) is 86.9 Å². The van der Waals surface area contributed by atoms with Gasteiger partial charge in [0.25, 0.3) is 0 Å². The van der Waals surface area contributed by atoms with Crippen LogP contribution >= 0.6 is 0 Å². The first-order valence-electron chi connectivity index (χ1n) is 15.7. The number of rotatable bonds is 5. The number of hydrogen-bond donors (Lipinski definition) is 0. The van der Waals surface area contributed by atoms with Crippen LogP contribution in [0, 0.1) is 0 Å². The second-order valence-corrected chi connectivity index (χ2v) is 11.7. The lowest BCUT2D eigenvalue weighted by atomic mass is 9.94.